The Hall–Kier alpha value is -2.62. The number of carbonyl (C=O) groups excluding carboxylic acids is 1. The Morgan fingerprint density at radius 1 is 1.04 bits per heavy atom. The van der Waals surface area contributed by atoms with Gasteiger partial charge in [0.2, 0.25) is 0 Å². The molecule has 0 aromatic heterocycles. The number of benzene rings is 2. The van der Waals surface area contributed by atoms with E-state index in [0.29, 0.717) is 23.7 Å². The van der Waals surface area contributed by atoms with Crippen molar-refractivity contribution in [2.45, 2.75) is 33.2 Å². The zero-order valence-electron chi connectivity index (χ0n) is 13.6. The summed E-state index contributed by atoms with van der Waals surface area (Å²) in [7, 11) is 0. The molecule has 0 heterocycles. The number of hydrogen-bond acceptors (Lipinski definition) is 3. The Morgan fingerprint density at radius 2 is 1.65 bits per heavy atom. The molecule has 120 valence electrons. The van der Waals surface area contributed by atoms with Crippen LogP contribution in [0.5, 0.6) is 0 Å². The highest BCUT2D eigenvalue weighted by atomic mass is 16.4. The van der Waals surface area contributed by atoms with Crippen LogP contribution in [-0.2, 0) is 6.54 Å². The Morgan fingerprint density at radius 3 is 2.17 bits per heavy atom. The van der Waals surface area contributed by atoms with Gasteiger partial charge in [-0.25, -0.2) is 4.79 Å². The van der Waals surface area contributed by atoms with E-state index in [1.54, 1.807) is 6.07 Å². The SMILES string of the molecule is CC(=O)c1cc(NCc2ccc(C(C)C)cc2)cc(C(=O)O)c1. The number of aromatic carboxylic acids is 1. The first kappa shape index (κ1) is 16.7. The van der Waals surface area contributed by atoms with Crippen LogP contribution >= 0.6 is 0 Å². The van der Waals surface area contributed by atoms with E-state index in [2.05, 4.69) is 43.4 Å². The lowest BCUT2D eigenvalue weighted by atomic mass is 10.0. The normalized spacial score (nSPS) is 10.6. The first-order chi connectivity index (χ1) is 10.9. The van der Waals surface area contributed by atoms with Gasteiger partial charge >= 0.3 is 5.97 Å². The summed E-state index contributed by atoms with van der Waals surface area (Å²) >= 11 is 0. The van der Waals surface area contributed by atoms with E-state index < -0.39 is 5.97 Å². The Labute approximate surface area is 136 Å². The number of carboxylic acids is 1. The standard InChI is InChI=1S/C19H21NO3/c1-12(2)15-6-4-14(5-7-15)11-20-18-9-16(13(3)21)8-17(10-18)19(22)23/h4-10,12,20H,11H2,1-3H3,(H,22,23). The lowest BCUT2D eigenvalue weighted by molar-refractivity contribution is 0.0697. The quantitative estimate of drug-likeness (QED) is 0.780. The molecule has 0 aliphatic carbocycles. The second-order valence-corrected chi connectivity index (χ2v) is 5.91. The van der Waals surface area contributed by atoms with Crippen molar-refractivity contribution in [3.05, 3.63) is 64.7 Å². The second-order valence-electron chi connectivity index (χ2n) is 5.91. The third kappa shape index (κ3) is 4.42. The van der Waals surface area contributed by atoms with Gasteiger partial charge in [-0.1, -0.05) is 38.1 Å². The molecule has 4 heteroatoms. The summed E-state index contributed by atoms with van der Waals surface area (Å²) < 4.78 is 0. The second kappa shape index (κ2) is 7.09. The molecule has 0 bridgehead atoms. The lowest BCUT2D eigenvalue weighted by Gasteiger charge is -2.11. The van der Waals surface area contributed by atoms with Crippen LogP contribution in [0.2, 0.25) is 0 Å². The van der Waals surface area contributed by atoms with Crippen molar-refractivity contribution < 1.29 is 14.7 Å². The molecule has 0 atom stereocenters. The van der Waals surface area contributed by atoms with Gasteiger partial charge in [-0.05, 0) is 42.2 Å². The van der Waals surface area contributed by atoms with Crippen LogP contribution in [0, 0.1) is 0 Å². The summed E-state index contributed by atoms with van der Waals surface area (Å²) in [5.41, 5.74) is 3.50. The summed E-state index contributed by atoms with van der Waals surface area (Å²) in [6.45, 7) is 6.29. The van der Waals surface area contributed by atoms with Gasteiger partial charge in [-0.15, -0.1) is 0 Å². The van der Waals surface area contributed by atoms with Crippen LogP contribution in [0.15, 0.2) is 42.5 Å². The fourth-order valence-electron chi connectivity index (χ4n) is 2.28. The smallest absolute Gasteiger partial charge is 0.335 e. The first-order valence-electron chi connectivity index (χ1n) is 7.59. The van der Waals surface area contributed by atoms with Gasteiger partial charge in [0.05, 0.1) is 5.56 Å². The van der Waals surface area contributed by atoms with Gasteiger partial charge in [-0.3, -0.25) is 4.79 Å². The molecule has 23 heavy (non-hydrogen) atoms. The van der Waals surface area contributed by atoms with Crippen molar-refractivity contribution in [1.82, 2.24) is 0 Å². The molecule has 0 aliphatic rings. The zero-order valence-corrected chi connectivity index (χ0v) is 13.6. The molecule has 2 N–H and O–H groups in total. The highest BCUT2D eigenvalue weighted by Crippen LogP contribution is 2.18. The van der Waals surface area contributed by atoms with Gasteiger partial charge in [-0.2, -0.15) is 0 Å². The average molecular weight is 311 g/mol. The number of rotatable bonds is 6. The van der Waals surface area contributed by atoms with E-state index in [-0.39, 0.29) is 11.3 Å². The van der Waals surface area contributed by atoms with Gasteiger partial charge in [0, 0.05) is 17.8 Å². The first-order valence-corrected chi connectivity index (χ1v) is 7.59. The van der Waals surface area contributed by atoms with Crippen LogP contribution in [0.3, 0.4) is 0 Å². The summed E-state index contributed by atoms with van der Waals surface area (Å²) in [4.78, 5) is 22.7. The minimum absolute atomic E-state index is 0.107. The van der Waals surface area contributed by atoms with Crippen LogP contribution in [0.25, 0.3) is 0 Å². The van der Waals surface area contributed by atoms with E-state index >= 15 is 0 Å². The number of anilines is 1. The maximum Gasteiger partial charge on any atom is 0.335 e. The highest BCUT2D eigenvalue weighted by Gasteiger charge is 2.09. The predicted molar refractivity (Wildman–Crippen MR) is 91.3 cm³/mol. The van der Waals surface area contributed by atoms with Gasteiger partial charge in [0.15, 0.2) is 5.78 Å². The van der Waals surface area contributed by atoms with Crippen molar-refractivity contribution >= 4 is 17.4 Å². The number of carbonyl (C=O) groups is 2. The fraction of sp³-hybridized carbons (Fsp3) is 0.263. The molecule has 0 fully saturated rings. The van der Waals surface area contributed by atoms with Crippen LogP contribution in [0.1, 0.15) is 58.5 Å². The number of hydrogen-bond donors (Lipinski definition) is 2. The molecule has 2 aromatic rings. The molecule has 0 saturated carbocycles. The van der Waals surface area contributed by atoms with Crippen LogP contribution in [-0.4, -0.2) is 16.9 Å². The van der Waals surface area contributed by atoms with Gasteiger partial charge < -0.3 is 10.4 Å². The molecule has 2 rings (SSSR count). The fourth-order valence-corrected chi connectivity index (χ4v) is 2.28. The van der Waals surface area contributed by atoms with E-state index in [4.69, 9.17) is 5.11 Å². The Bertz CT molecular complexity index is 686. The molecule has 0 saturated heterocycles. The maximum absolute atomic E-state index is 11.5. The van der Waals surface area contributed by atoms with Gasteiger partial charge in [0.25, 0.3) is 0 Å². The van der Waals surface area contributed by atoms with Gasteiger partial charge in [0.1, 0.15) is 0 Å². The van der Waals surface area contributed by atoms with Crippen molar-refractivity contribution in [2.75, 3.05) is 5.32 Å². The lowest BCUT2D eigenvalue weighted by Crippen LogP contribution is -2.05. The summed E-state index contributed by atoms with van der Waals surface area (Å²) in [6.07, 6.45) is 0. The highest BCUT2D eigenvalue weighted by molar-refractivity contribution is 5.98. The number of ketones is 1. The number of Topliss-reactive ketones (excluding diaryl/α,β-unsaturated/α-hetero) is 1. The minimum atomic E-state index is -1.04. The predicted octanol–water partition coefficient (Wildman–Crippen LogP) is 4.32. The zero-order chi connectivity index (χ0) is 17.0. The molecule has 0 radical (unpaired) electrons. The number of carboxylic acid groups (broad SMARTS) is 1. The largest absolute Gasteiger partial charge is 0.478 e. The average Bonchev–Trinajstić information content (AvgIpc) is 2.52. The van der Waals surface area contributed by atoms with E-state index in [1.165, 1.54) is 24.6 Å². The van der Waals surface area contributed by atoms with E-state index in [0.717, 1.165) is 5.56 Å². The summed E-state index contributed by atoms with van der Waals surface area (Å²) in [5, 5.41) is 12.3. The third-order valence-corrected chi connectivity index (χ3v) is 3.73. The van der Waals surface area contributed by atoms with Crippen LogP contribution < -0.4 is 5.32 Å². The molecule has 0 amide bonds. The van der Waals surface area contributed by atoms with Crippen molar-refractivity contribution in [1.29, 1.82) is 0 Å². The van der Waals surface area contributed by atoms with Crippen molar-refractivity contribution in [2.24, 2.45) is 0 Å². The molecule has 0 spiro atoms. The molecule has 0 aliphatic heterocycles. The maximum atomic E-state index is 11.5. The third-order valence-electron chi connectivity index (χ3n) is 3.73. The van der Waals surface area contributed by atoms with Crippen molar-refractivity contribution in [3.8, 4) is 0 Å². The molecule has 0 unspecified atom stereocenters. The monoisotopic (exact) mass is 311 g/mol. The topological polar surface area (TPSA) is 66.4 Å². The molecule has 2 aromatic carbocycles. The minimum Gasteiger partial charge on any atom is -0.478 e. The molecule has 4 nitrogen and oxygen atoms in total. The summed E-state index contributed by atoms with van der Waals surface area (Å²) in [5.74, 6) is -0.711. The van der Waals surface area contributed by atoms with Crippen molar-refractivity contribution in [3.63, 3.8) is 0 Å². The van der Waals surface area contributed by atoms with E-state index in [9.17, 15) is 9.59 Å². The Balaban J connectivity index is 2.16. The molecular formula is C19H21NO3. The molecular weight excluding hydrogens is 290 g/mol. The number of nitrogens with one attached hydrogen (secondary N) is 1. The van der Waals surface area contributed by atoms with E-state index in [1.807, 2.05) is 0 Å². The summed E-state index contributed by atoms with van der Waals surface area (Å²) in [6, 6.07) is 12.9. The Kier molecular flexibility index (Phi) is 5.16. The van der Waals surface area contributed by atoms with Crippen LogP contribution in [0.4, 0.5) is 5.69 Å².